The number of ether oxygens (including phenoxy) is 1. The minimum absolute atomic E-state index is 0.00104. The van der Waals surface area contributed by atoms with E-state index < -0.39 is 15.8 Å². The van der Waals surface area contributed by atoms with Crippen LogP contribution in [0.4, 0.5) is 0 Å². The number of aromatic carboxylic acids is 1. The first-order chi connectivity index (χ1) is 12.8. The van der Waals surface area contributed by atoms with Crippen LogP contribution < -0.4 is 10.1 Å². The zero-order valence-corrected chi connectivity index (χ0v) is 15.9. The van der Waals surface area contributed by atoms with Crippen molar-refractivity contribution in [2.75, 3.05) is 19.4 Å². The van der Waals surface area contributed by atoms with Gasteiger partial charge in [-0.25, -0.2) is 13.2 Å². The average molecular weight is 391 g/mol. The van der Waals surface area contributed by atoms with E-state index in [0.29, 0.717) is 24.3 Å². The van der Waals surface area contributed by atoms with Crippen molar-refractivity contribution in [1.82, 2.24) is 5.32 Å². The number of methoxy groups -OCH3 is 1. The normalized spacial score (nSPS) is 11.0. The molecule has 27 heavy (non-hydrogen) atoms. The second-order valence-electron chi connectivity index (χ2n) is 5.77. The van der Waals surface area contributed by atoms with Crippen molar-refractivity contribution in [2.45, 2.75) is 18.2 Å². The highest BCUT2D eigenvalue weighted by Crippen LogP contribution is 2.20. The van der Waals surface area contributed by atoms with Gasteiger partial charge >= 0.3 is 5.97 Å². The van der Waals surface area contributed by atoms with Crippen LogP contribution in [0.3, 0.4) is 0 Å². The molecule has 0 spiro atoms. The molecule has 2 rings (SSSR count). The Balaban J connectivity index is 1.99. The Hall–Kier alpha value is -2.87. The van der Waals surface area contributed by atoms with Crippen LogP contribution in [0.1, 0.15) is 33.2 Å². The highest BCUT2D eigenvalue weighted by atomic mass is 32.2. The van der Waals surface area contributed by atoms with E-state index in [0.717, 1.165) is 5.56 Å². The fourth-order valence-corrected chi connectivity index (χ4v) is 3.36. The summed E-state index contributed by atoms with van der Waals surface area (Å²) in [5.74, 6) is -0.919. The van der Waals surface area contributed by atoms with E-state index in [-0.39, 0.29) is 22.1 Å². The van der Waals surface area contributed by atoms with Gasteiger partial charge in [0.25, 0.3) is 5.91 Å². The summed E-state index contributed by atoms with van der Waals surface area (Å²) < 4.78 is 28.8. The second-order valence-corrected chi connectivity index (χ2v) is 8.04. The summed E-state index contributed by atoms with van der Waals surface area (Å²) in [7, 11) is -1.85. The SMILES string of the molecule is CCS(=O)(=O)c1ccc(C(=O)NCCc2ccc(C(=O)O)cc2OC)cc1. The van der Waals surface area contributed by atoms with E-state index in [1.54, 1.807) is 13.0 Å². The topological polar surface area (TPSA) is 110 Å². The van der Waals surface area contributed by atoms with Gasteiger partial charge in [0, 0.05) is 12.1 Å². The smallest absolute Gasteiger partial charge is 0.335 e. The first kappa shape index (κ1) is 20.4. The van der Waals surface area contributed by atoms with E-state index in [2.05, 4.69) is 5.32 Å². The van der Waals surface area contributed by atoms with Gasteiger partial charge in [0.15, 0.2) is 9.84 Å². The quantitative estimate of drug-likeness (QED) is 0.714. The number of carboxylic acid groups (broad SMARTS) is 1. The Bertz CT molecular complexity index is 935. The summed E-state index contributed by atoms with van der Waals surface area (Å²) in [5.41, 5.74) is 1.26. The third kappa shape index (κ3) is 5.07. The van der Waals surface area contributed by atoms with E-state index >= 15 is 0 Å². The molecule has 0 unspecified atom stereocenters. The molecule has 0 aliphatic carbocycles. The van der Waals surface area contributed by atoms with Crippen LogP contribution in [0, 0.1) is 0 Å². The van der Waals surface area contributed by atoms with Gasteiger partial charge in [0.2, 0.25) is 0 Å². The zero-order chi connectivity index (χ0) is 20.0. The van der Waals surface area contributed by atoms with Crippen molar-refractivity contribution in [3.63, 3.8) is 0 Å². The predicted molar refractivity (Wildman–Crippen MR) is 100 cm³/mol. The molecule has 2 aromatic carbocycles. The number of benzene rings is 2. The van der Waals surface area contributed by atoms with Crippen LogP contribution in [0.2, 0.25) is 0 Å². The lowest BCUT2D eigenvalue weighted by Gasteiger charge is -2.10. The average Bonchev–Trinajstić information content (AvgIpc) is 2.67. The fraction of sp³-hybridized carbons (Fsp3) is 0.263. The summed E-state index contributed by atoms with van der Waals surface area (Å²) in [6, 6.07) is 10.4. The van der Waals surface area contributed by atoms with Gasteiger partial charge in [0.1, 0.15) is 5.75 Å². The summed E-state index contributed by atoms with van der Waals surface area (Å²) in [4.78, 5) is 23.4. The van der Waals surface area contributed by atoms with Crippen molar-refractivity contribution in [1.29, 1.82) is 0 Å². The molecule has 0 saturated heterocycles. The third-order valence-electron chi connectivity index (χ3n) is 4.07. The summed E-state index contributed by atoms with van der Waals surface area (Å²) >= 11 is 0. The third-order valence-corrected chi connectivity index (χ3v) is 5.82. The molecular weight excluding hydrogens is 370 g/mol. The lowest BCUT2D eigenvalue weighted by atomic mass is 10.1. The molecule has 8 heteroatoms. The van der Waals surface area contributed by atoms with Crippen molar-refractivity contribution < 1.29 is 27.9 Å². The molecule has 0 heterocycles. The van der Waals surface area contributed by atoms with Crippen LogP contribution in [0.5, 0.6) is 5.75 Å². The van der Waals surface area contributed by atoms with Crippen molar-refractivity contribution in [3.8, 4) is 5.75 Å². The Labute approximate surface area is 157 Å². The lowest BCUT2D eigenvalue weighted by Crippen LogP contribution is -2.25. The Morgan fingerprint density at radius 3 is 2.26 bits per heavy atom. The number of nitrogens with one attached hydrogen (secondary N) is 1. The number of carbonyl (C=O) groups is 2. The summed E-state index contributed by atoms with van der Waals surface area (Å²) in [6.45, 7) is 1.88. The van der Waals surface area contributed by atoms with Crippen LogP contribution in [0.25, 0.3) is 0 Å². The van der Waals surface area contributed by atoms with Gasteiger partial charge in [-0.05, 0) is 48.4 Å². The van der Waals surface area contributed by atoms with Crippen molar-refractivity contribution in [2.24, 2.45) is 0 Å². The first-order valence-corrected chi connectivity index (χ1v) is 9.95. The molecule has 0 saturated carbocycles. The van der Waals surface area contributed by atoms with Crippen LogP contribution in [0.15, 0.2) is 47.4 Å². The van der Waals surface area contributed by atoms with Crippen molar-refractivity contribution >= 4 is 21.7 Å². The van der Waals surface area contributed by atoms with E-state index in [1.165, 1.54) is 43.5 Å². The van der Waals surface area contributed by atoms with Gasteiger partial charge in [-0.1, -0.05) is 13.0 Å². The standard InChI is InChI=1S/C19H21NO6S/c1-3-27(24,25)16-8-6-14(7-9-16)18(21)20-11-10-13-4-5-15(19(22)23)12-17(13)26-2/h4-9,12H,3,10-11H2,1-2H3,(H,20,21)(H,22,23). The minimum atomic E-state index is -3.30. The highest BCUT2D eigenvalue weighted by Gasteiger charge is 2.13. The minimum Gasteiger partial charge on any atom is -0.496 e. The van der Waals surface area contributed by atoms with Crippen molar-refractivity contribution in [3.05, 3.63) is 59.2 Å². The summed E-state index contributed by atoms with van der Waals surface area (Å²) in [6.07, 6.45) is 0.455. The molecule has 0 radical (unpaired) electrons. The van der Waals surface area contributed by atoms with Crippen LogP contribution in [-0.4, -0.2) is 44.8 Å². The number of carbonyl (C=O) groups excluding carboxylic acids is 1. The van der Waals surface area contributed by atoms with Gasteiger partial charge in [-0.3, -0.25) is 4.79 Å². The Kier molecular flexibility index (Phi) is 6.57. The number of carboxylic acids is 1. The van der Waals surface area contributed by atoms with Gasteiger partial charge in [-0.2, -0.15) is 0 Å². The number of rotatable bonds is 8. The van der Waals surface area contributed by atoms with Crippen LogP contribution >= 0.6 is 0 Å². The molecule has 0 atom stereocenters. The Morgan fingerprint density at radius 1 is 1.07 bits per heavy atom. The zero-order valence-electron chi connectivity index (χ0n) is 15.1. The molecular formula is C19H21NO6S. The molecule has 0 aliphatic heterocycles. The maximum absolute atomic E-state index is 12.2. The molecule has 0 aromatic heterocycles. The molecule has 0 aliphatic rings. The molecule has 2 aromatic rings. The first-order valence-electron chi connectivity index (χ1n) is 8.29. The van der Waals surface area contributed by atoms with Gasteiger partial charge < -0.3 is 15.2 Å². The number of hydrogen-bond acceptors (Lipinski definition) is 5. The van der Waals surface area contributed by atoms with E-state index in [1.807, 2.05) is 0 Å². The molecule has 1 amide bonds. The molecule has 0 bridgehead atoms. The van der Waals surface area contributed by atoms with E-state index in [4.69, 9.17) is 9.84 Å². The molecule has 7 nitrogen and oxygen atoms in total. The molecule has 0 fully saturated rings. The van der Waals surface area contributed by atoms with Crippen LogP contribution in [-0.2, 0) is 16.3 Å². The molecule has 2 N–H and O–H groups in total. The number of amides is 1. The lowest BCUT2D eigenvalue weighted by molar-refractivity contribution is 0.0696. The maximum atomic E-state index is 12.2. The largest absolute Gasteiger partial charge is 0.496 e. The fourth-order valence-electron chi connectivity index (χ4n) is 2.48. The maximum Gasteiger partial charge on any atom is 0.335 e. The highest BCUT2D eigenvalue weighted by molar-refractivity contribution is 7.91. The van der Waals surface area contributed by atoms with E-state index in [9.17, 15) is 18.0 Å². The number of hydrogen-bond donors (Lipinski definition) is 2. The summed E-state index contributed by atoms with van der Waals surface area (Å²) in [5, 5.41) is 11.8. The second kappa shape index (κ2) is 8.68. The predicted octanol–water partition coefficient (Wildman–Crippen LogP) is 2.16. The Morgan fingerprint density at radius 2 is 1.70 bits per heavy atom. The van der Waals surface area contributed by atoms with Gasteiger partial charge in [-0.15, -0.1) is 0 Å². The molecule has 144 valence electrons. The number of sulfone groups is 1. The monoisotopic (exact) mass is 391 g/mol. The van der Waals surface area contributed by atoms with Gasteiger partial charge in [0.05, 0.1) is 23.3 Å².